The van der Waals surface area contributed by atoms with Gasteiger partial charge in [-0.15, -0.1) is 0 Å². The van der Waals surface area contributed by atoms with Crippen LogP contribution >= 0.6 is 0 Å². The van der Waals surface area contributed by atoms with Crippen molar-refractivity contribution in [3.63, 3.8) is 0 Å². The van der Waals surface area contributed by atoms with Gasteiger partial charge >= 0.3 is 0 Å². The first kappa shape index (κ1) is 12.9. The third-order valence-corrected chi connectivity index (χ3v) is 5.40. The van der Waals surface area contributed by atoms with Crippen LogP contribution in [0.1, 0.15) is 26.2 Å². The first-order valence-electron chi connectivity index (χ1n) is 5.45. The van der Waals surface area contributed by atoms with E-state index in [0.29, 0.717) is 6.54 Å². The average molecular weight is 234 g/mol. The van der Waals surface area contributed by atoms with Crippen molar-refractivity contribution in [1.29, 1.82) is 0 Å². The summed E-state index contributed by atoms with van der Waals surface area (Å²) < 4.78 is 24.8. The quantitative estimate of drug-likeness (QED) is 0.705. The SMILES string of the molecule is CCS(=O)(=O)N(C)CC1(N(C)C)CCC1. The molecule has 1 aliphatic carbocycles. The van der Waals surface area contributed by atoms with Crippen molar-refractivity contribution in [3.05, 3.63) is 0 Å². The molecule has 0 aliphatic heterocycles. The summed E-state index contributed by atoms with van der Waals surface area (Å²) in [5.74, 6) is 0.188. The molecule has 0 amide bonds. The van der Waals surface area contributed by atoms with Crippen molar-refractivity contribution in [1.82, 2.24) is 9.21 Å². The van der Waals surface area contributed by atoms with Crippen molar-refractivity contribution < 1.29 is 8.42 Å². The molecule has 0 atom stereocenters. The van der Waals surface area contributed by atoms with E-state index in [1.165, 1.54) is 10.7 Å². The van der Waals surface area contributed by atoms with Crippen molar-refractivity contribution in [2.24, 2.45) is 0 Å². The zero-order valence-corrected chi connectivity index (χ0v) is 11.0. The van der Waals surface area contributed by atoms with Crippen LogP contribution in [-0.4, -0.2) is 56.6 Å². The van der Waals surface area contributed by atoms with Gasteiger partial charge in [0.1, 0.15) is 0 Å². The van der Waals surface area contributed by atoms with Crippen LogP contribution in [0.2, 0.25) is 0 Å². The van der Waals surface area contributed by atoms with Crippen molar-refractivity contribution >= 4 is 10.0 Å². The van der Waals surface area contributed by atoms with Crippen LogP contribution in [0.3, 0.4) is 0 Å². The molecule has 0 saturated heterocycles. The molecule has 0 spiro atoms. The van der Waals surface area contributed by atoms with E-state index >= 15 is 0 Å². The second kappa shape index (κ2) is 4.39. The zero-order valence-electron chi connectivity index (χ0n) is 10.2. The predicted molar refractivity (Wildman–Crippen MR) is 62.4 cm³/mol. The normalized spacial score (nSPS) is 20.7. The van der Waals surface area contributed by atoms with E-state index in [2.05, 4.69) is 4.90 Å². The maximum Gasteiger partial charge on any atom is 0.213 e. The summed E-state index contributed by atoms with van der Waals surface area (Å²) in [6.07, 6.45) is 3.41. The molecule has 1 rings (SSSR count). The molecule has 0 N–H and O–H groups in total. The van der Waals surface area contributed by atoms with Crippen LogP contribution in [0.25, 0.3) is 0 Å². The van der Waals surface area contributed by atoms with Crippen molar-refractivity contribution in [2.45, 2.75) is 31.7 Å². The summed E-state index contributed by atoms with van der Waals surface area (Å²) in [6.45, 7) is 2.31. The predicted octanol–water partition coefficient (Wildman–Crippen LogP) is 0.752. The molecule has 0 radical (unpaired) electrons. The minimum Gasteiger partial charge on any atom is -0.302 e. The van der Waals surface area contributed by atoms with E-state index in [1.54, 1.807) is 14.0 Å². The molecule has 0 aromatic rings. The molecule has 1 saturated carbocycles. The smallest absolute Gasteiger partial charge is 0.213 e. The molecular weight excluding hydrogens is 212 g/mol. The summed E-state index contributed by atoms with van der Waals surface area (Å²) in [4.78, 5) is 2.16. The van der Waals surface area contributed by atoms with E-state index in [1.807, 2.05) is 14.1 Å². The number of rotatable bonds is 5. The van der Waals surface area contributed by atoms with Gasteiger partial charge in [-0.05, 0) is 40.3 Å². The third-order valence-electron chi connectivity index (χ3n) is 3.59. The number of hydrogen-bond acceptors (Lipinski definition) is 3. The third kappa shape index (κ3) is 2.52. The minimum atomic E-state index is -3.03. The van der Waals surface area contributed by atoms with Crippen LogP contribution in [0.4, 0.5) is 0 Å². The molecule has 4 nitrogen and oxygen atoms in total. The maximum absolute atomic E-state index is 11.6. The van der Waals surface area contributed by atoms with Gasteiger partial charge in [0.2, 0.25) is 10.0 Å². The van der Waals surface area contributed by atoms with Gasteiger partial charge in [0.15, 0.2) is 0 Å². The summed E-state index contributed by atoms with van der Waals surface area (Å²) in [6, 6.07) is 0. The fourth-order valence-electron chi connectivity index (χ4n) is 2.06. The summed E-state index contributed by atoms with van der Waals surface area (Å²) in [5.41, 5.74) is 0.0803. The fraction of sp³-hybridized carbons (Fsp3) is 1.00. The van der Waals surface area contributed by atoms with Gasteiger partial charge in [-0.3, -0.25) is 0 Å². The highest BCUT2D eigenvalue weighted by atomic mass is 32.2. The van der Waals surface area contributed by atoms with Gasteiger partial charge in [0, 0.05) is 19.1 Å². The molecule has 0 aromatic carbocycles. The van der Waals surface area contributed by atoms with Gasteiger partial charge in [0.25, 0.3) is 0 Å². The largest absolute Gasteiger partial charge is 0.302 e. The molecule has 0 bridgehead atoms. The van der Waals surface area contributed by atoms with Gasteiger partial charge in [-0.2, -0.15) is 0 Å². The lowest BCUT2D eigenvalue weighted by Crippen LogP contribution is -2.57. The van der Waals surface area contributed by atoms with Crippen LogP contribution in [0.15, 0.2) is 0 Å². The highest BCUT2D eigenvalue weighted by molar-refractivity contribution is 7.89. The van der Waals surface area contributed by atoms with Gasteiger partial charge in [-0.25, -0.2) is 12.7 Å². The number of sulfonamides is 1. The van der Waals surface area contributed by atoms with Gasteiger partial charge in [0.05, 0.1) is 5.75 Å². The Bertz CT molecular complexity index is 307. The second-order valence-corrected chi connectivity index (χ2v) is 6.99. The molecule has 5 heteroatoms. The Morgan fingerprint density at radius 1 is 1.20 bits per heavy atom. The Morgan fingerprint density at radius 3 is 2.00 bits per heavy atom. The first-order chi connectivity index (χ1) is 6.84. The fourth-order valence-corrected chi connectivity index (χ4v) is 2.94. The molecule has 1 aliphatic rings. The molecule has 1 fully saturated rings. The minimum absolute atomic E-state index is 0.0803. The standard InChI is InChI=1S/C10H22N2O2S/c1-5-15(13,14)12(4)9-10(11(2)3)7-6-8-10/h5-9H2,1-4H3. The van der Waals surface area contributed by atoms with E-state index in [9.17, 15) is 8.42 Å². The number of likely N-dealkylation sites (N-methyl/N-ethyl adjacent to an activating group) is 2. The van der Waals surface area contributed by atoms with Crippen molar-refractivity contribution in [2.75, 3.05) is 33.4 Å². The highest BCUT2D eigenvalue weighted by Gasteiger charge is 2.41. The van der Waals surface area contributed by atoms with E-state index < -0.39 is 10.0 Å². The van der Waals surface area contributed by atoms with Gasteiger partial charge in [-0.1, -0.05) is 0 Å². The summed E-state index contributed by atoms with van der Waals surface area (Å²) in [5, 5.41) is 0. The highest BCUT2D eigenvalue weighted by Crippen LogP contribution is 2.36. The van der Waals surface area contributed by atoms with Crippen LogP contribution in [0.5, 0.6) is 0 Å². The lowest BCUT2D eigenvalue weighted by Gasteiger charge is -2.48. The lowest BCUT2D eigenvalue weighted by molar-refractivity contribution is 0.0455. The van der Waals surface area contributed by atoms with Gasteiger partial charge < -0.3 is 4.90 Å². The van der Waals surface area contributed by atoms with Crippen LogP contribution < -0.4 is 0 Å². The Balaban J connectivity index is 2.69. The lowest BCUT2D eigenvalue weighted by atomic mass is 9.75. The molecule has 0 unspecified atom stereocenters. The maximum atomic E-state index is 11.6. The second-order valence-electron chi connectivity index (χ2n) is 4.63. The van der Waals surface area contributed by atoms with Crippen molar-refractivity contribution in [3.8, 4) is 0 Å². The average Bonchev–Trinajstić information content (AvgIpc) is 2.10. The Labute approximate surface area is 93.3 Å². The Hall–Kier alpha value is -0.130. The first-order valence-corrected chi connectivity index (χ1v) is 7.06. The molecule has 0 aromatic heterocycles. The van der Waals surface area contributed by atoms with E-state index in [0.717, 1.165) is 12.8 Å². The molecular formula is C10H22N2O2S. The molecule has 0 heterocycles. The number of nitrogens with zero attached hydrogens (tertiary/aromatic N) is 2. The topological polar surface area (TPSA) is 40.6 Å². The Morgan fingerprint density at radius 2 is 1.73 bits per heavy atom. The summed E-state index contributed by atoms with van der Waals surface area (Å²) in [7, 11) is 2.72. The van der Waals surface area contributed by atoms with Crippen LogP contribution in [-0.2, 0) is 10.0 Å². The van der Waals surface area contributed by atoms with Crippen LogP contribution in [0, 0.1) is 0 Å². The Kier molecular flexibility index (Phi) is 3.79. The zero-order chi connectivity index (χ0) is 11.7. The molecule has 15 heavy (non-hydrogen) atoms. The van der Waals surface area contributed by atoms with E-state index in [-0.39, 0.29) is 11.3 Å². The monoisotopic (exact) mass is 234 g/mol. The van der Waals surface area contributed by atoms with E-state index in [4.69, 9.17) is 0 Å². The summed E-state index contributed by atoms with van der Waals surface area (Å²) >= 11 is 0. The molecule has 90 valence electrons. The number of hydrogen-bond donors (Lipinski definition) is 0.